The highest BCUT2D eigenvalue weighted by Crippen LogP contribution is 2.68. The molecule has 0 aromatic carbocycles. The second-order valence-corrected chi connectivity index (χ2v) is 6.62. The molecule has 100 valence electrons. The SMILES string of the molecule is CC1(C)C(C(=O)NC(C#N)C2CCOC2)C1(C)C. The van der Waals surface area contributed by atoms with E-state index in [9.17, 15) is 10.1 Å². The Bertz CT molecular complexity index is 375. The van der Waals surface area contributed by atoms with Crippen molar-refractivity contribution in [3.8, 4) is 6.07 Å². The number of carbonyl (C=O) groups excluding carboxylic acids is 1. The maximum Gasteiger partial charge on any atom is 0.225 e. The van der Waals surface area contributed by atoms with Gasteiger partial charge in [-0.25, -0.2) is 0 Å². The number of carbonyl (C=O) groups is 1. The monoisotopic (exact) mass is 250 g/mol. The largest absolute Gasteiger partial charge is 0.381 e. The van der Waals surface area contributed by atoms with Gasteiger partial charge in [0.25, 0.3) is 0 Å². The van der Waals surface area contributed by atoms with Crippen LogP contribution < -0.4 is 5.32 Å². The standard InChI is InChI=1S/C14H22N2O2/c1-13(2)11(14(13,3)4)12(17)16-10(7-15)9-5-6-18-8-9/h9-11H,5-6,8H2,1-4H3,(H,16,17). The maximum atomic E-state index is 12.3. The van der Waals surface area contributed by atoms with Gasteiger partial charge >= 0.3 is 0 Å². The van der Waals surface area contributed by atoms with Gasteiger partial charge in [0.1, 0.15) is 6.04 Å². The topological polar surface area (TPSA) is 62.1 Å². The van der Waals surface area contributed by atoms with Gasteiger partial charge < -0.3 is 10.1 Å². The first-order valence-electron chi connectivity index (χ1n) is 6.60. The Morgan fingerprint density at radius 3 is 2.39 bits per heavy atom. The summed E-state index contributed by atoms with van der Waals surface area (Å²) in [6.07, 6.45) is 0.857. The highest BCUT2D eigenvalue weighted by molar-refractivity contribution is 5.84. The van der Waals surface area contributed by atoms with E-state index in [0.717, 1.165) is 6.42 Å². The Balaban J connectivity index is 1.98. The molecule has 1 aliphatic carbocycles. The number of nitrogens with zero attached hydrogens (tertiary/aromatic N) is 1. The molecular formula is C14H22N2O2. The van der Waals surface area contributed by atoms with Gasteiger partial charge in [-0.15, -0.1) is 0 Å². The van der Waals surface area contributed by atoms with Crippen molar-refractivity contribution in [1.29, 1.82) is 5.26 Å². The number of hydrogen-bond acceptors (Lipinski definition) is 3. The van der Waals surface area contributed by atoms with Crippen LogP contribution in [-0.4, -0.2) is 25.2 Å². The molecule has 4 heteroatoms. The smallest absolute Gasteiger partial charge is 0.225 e. The fourth-order valence-corrected chi connectivity index (χ4v) is 3.16. The average Bonchev–Trinajstić information content (AvgIpc) is 2.70. The second-order valence-electron chi connectivity index (χ2n) is 6.62. The Morgan fingerprint density at radius 2 is 2.00 bits per heavy atom. The summed E-state index contributed by atoms with van der Waals surface area (Å²) in [5.41, 5.74) is 0.0343. The van der Waals surface area contributed by atoms with Gasteiger partial charge in [0.05, 0.1) is 12.7 Å². The first kappa shape index (κ1) is 13.4. The lowest BCUT2D eigenvalue weighted by Gasteiger charge is -2.17. The fourth-order valence-electron chi connectivity index (χ4n) is 3.16. The predicted octanol–water partition coefficient (Wildman–Crippen LogP) is 1.71. The third-order valence-corrected chi connectivity index (χ3v) is 5.16. The zero-order valence-electron chi connectivity index (χ0n) is 11.6. The lowest BCUT2D eigenvalue weighted by Crippen LogP contribution is -2.41. The number of hydrogen-bond donors (Lipinski definition) is 1. The molecule has 0 aromatic heterocycles. The summed E-state index contributed by atoms with van der Waals surface area (Å²) in [6, 6.07) is 1.79. The van der Waals surface area contributed by atoms with Gasteiger partial charge in [0.15, 0.2) is 0 Å². The summed E-state index contributed by atoms with van der Waals surface area (Å²) in [6.45, 7) is 9.71. The minimum atomic E-state index is -0.410. The number of nitriles is 1. The molecule has 0 bridgehead atoms. The molecule has 1 aliphatic heterocycles. The van der Waals surface area contributed by atoms with Crippen LogP contribution in [0.1, 0.15) is 34.1 Å². The fraction of sp³-hybridized carbons (Fsp3) is 0.857. The van der Waals surface area contributed by atoms with E-state index in [1.165, 1.54) is 0 Å². The van der Waals surface area contributed by atoms with Crippen LogP contribution >= 0.6 is 0 Å². The summed E-state index contributed by atoms with van der Waals surface area (Å²) >= 11 is 0. The van der Waals surface area contributed by atoms with Crippen LogP contribution in [0.25, 0.3) is 0 Å². The van der Waals surface area contributed by atoms with Crippen LogP contribution in [0, 0.1) is 34.0 Å². The minimum Gasteiger partial charge on any atom is -0.381 e. The molecule has 2 atom stereocenters. The van der Waals surface area contributed by atoms with E-state index in [4.69, 9.17) is 4.74 Å². The van der Waals surface area contributed by atoms with E-state index >= 15 is 0 Å². The van der Waals surface area contributed by atoms with Crippen molar-refractivity contribution in [3.63, 3.8) is 0 Å². The van der Waals surface area contributed by atoms with Gasteiger partial charge in [-0.1, -0.05) is 27.7 Å². The lowest BCUT2D eigenvalue weighted by atomic mass is 9.99. The Kier molecular flexibility index (Phi) is 3.14. The first-order chi connectivity index (χ1) is 8.32. The minimum absolute atomic E-state index is 0.00294. The molecule has 1 saturated carbocycles. The first-order valence-corrected chi connectivity index (χ1v) is 6.60. The molecule has 2 rings (SSSR count). The molecule has 0 spiro atoms. The van der Waals surface area contributed by atoms with Crippen molar-refractivity contribution in [2.75, 3.05) is 13.2 Å². The van der Waals surface area contributed by atoms with Gasteiger partial charge in [-0.3, -0.25) is 4.79 Å². The zero-order valence-corrected chi connectivity index (χ0v) is 11.6. The third kappa shape index (κ3) is 1.91. The van der Waals surface area contributed by atoms with E-state index < -0.39 is 6.04 Å². The molecule has 0 radical (unpaired) electrons. The van der Waals surface area contributed by atoms with Crippen molar-refractivity contribution in [2.24, 2.45) is 22.7 Å². The average molecular weight is 250 g/mol. The molecule has 1 saturated heterocycles. The van der Waals surface area contributed by atoms with Crippen molar-refractivity contribution < 1.29 is 9.53 Å². The van der Waals surface area contributed by atoms with Crippen LogP contribution in [0.4, 0.5) is 0 Å². The van der Waals surface area contributed by atoms with Crippen LogP contribution in [0.2, 0.25) is 0 Å². The van der Waals surface area contributed by atoms with E-state index in [0.29, 0.717) is 13.2 Å². The van der Waals surface area contributed by atoms with E-state index in [-0.39, 0.29) is 28.6 Å². The molecule has 4 nitrogen and oxygen atoms in total. The number of ether oxygens (including phenoxy) is 1. The summed E-state index contributed by atoms with van der Waals surface area (Å²) in [5.74, 6) is 0.163. The molecule has 18 heavy (non-hydrogen) atoms. The normalized spacial score (nSPS) is 30.5. The van der Waals surface area contributed by atoms with Gasteiger partial charge in [-0.2, -0.15) is 5.26 Å². The summed E-state index contributed by atoms with van der Waals surface area (Å²) in [5, 5.41) is 12.1. The Labute approximate surface area is 109 Å². The Morgan fingerprint density at radius 1 is 1.39 bits per heavy atom. The van der Waals surface area contributed by atoms with Crippen molar-refractivity contribution in [2.45, 2.75) is 40.2 Å². The number of nitrogens with one attached hydrogen (secondary N) is 1. The molecule has 1 heterocycles. The lowest BCUT2D eigenvalue weighted by molar-refractivity contribution is -0.124. The Hall–Kier alpha value is -1.08. The van der Waals surface area contributed by atoms with Crippen molar-refractivity contribution >= 4 is 5.91 Å². The number of rotatable bonds is 3. The molecule has 2 unspecified atom stereocenters. The highest BCUT2D eigenvalue weighted by Gasteiger charge is 2.68. The van der Waals surface area contributed by atoms with Crippen LogP contribution in [-0.2, 0) is 9.53 Å². The van der Waals surface area contributed by atoms with Crippen molar-refractivity contribution in [1.82, 2.24) is 5.32 Å². The van der Waals surface area contributed by atoms with Crippen LogP contribution in [0.15, 0.2) is 0 Å². The van der Waals surface area contributed by atoms with Gasteiger partial charge in [-0.05, 0) is 17.3 Å². The van der Waals surface area contributed by atoms with E-state index in [1.54, 1.807) is 0 Å². The maximum absolute atomic E-state index is 12.3. The van der Waals surface area contributed by atoms with Gasteiger partial charge in [0.2, 0.25) is 5.91 Å². The van der Waals surface area contributed by atoms with Crippen LogP contribution in [0.3, 0.4) is 0 Å². The van der Waals surface area contributed by atoms with Gasteiger partial charge in [0, 0.05) is 18.4 Å². The van der Waals surface area contributed by atoms with E-state index in [1.807, 2.05) is 0 Å². The molecule has 0 aromatic rings. The molecule has 2 fully saturated rings. The molecular weight excluding hydrogens is 228 g/mol. The van der Waals surface area contributed by atoms with Crippen LogP contribution in [0.5, 0.6) is 0 Å². The molecule has 1 amide bonds. The quantitative estimate of drug-likeness (QED) is 0.829. The summed E-state index contributed by atoms with van der Waals surface area (Å²) in [7, 11) is 0. The highest BCUT2D eigenvalue weighted by atomic mass is 16.5. The van der Waals surface area contributed by atoms with E-state index in [2.05, 4.69) is 39.1 Å². The molecule has 2 aliphatic rings. The second kappa shape index (κ2) is 4.24. The summed E-state index contributed by atoms with van der Waals surface area (Å²) in [4.78, 5) is 12.3. The number of amides is 1. The zero-order chi connectivity index (χ0) is 13.6. The van der Waals surface area contributed by atoms with Crippen molar-refractivity contribution in [3.05, 3.63) is 0 Å². The summed E-state index contributed by atoms with van der Waals surface area (Å²) < 4.78 is 5.28. The third-order valence-electron chi connectivity index (χ3n) is 5.16. The predicted molar refractivity (Wildman–Crippen MR) is 67.5 cm³/mol. The molecule has 1 N–H and O–H groups in total.